The molecule has 30 heavy (non-hydrogen) atoms. The number of hydrogen-bond donors (Lipinski definition) is 0. The van der Waals surface area contributed by atoms with Gasteiger partial charge >= 0.3 is 0 Å². The normalized spacial score (nSPS) is 12.3. The summed E-state index contributed by atoms with van der Waals surface area (Å²) in [5.74, 6) is 3.11. The van der Waals surface area contributed by atoms with E-state index in [2.05, 4.69) is 36.6 Å². The minimum atomic E-state index is -0.178. The molecule has 154 valence electrons. The maximum absolute atomic E-state index is 6.18. The summed E-state index contributed by atoms with van der Waals surface area (Å²) in [7, 11) is 0. The average molecular weight is 401 g/mol. The van der Waals surface area contributed by atoms with Gasteiger partial charge in [0.2, 0.25) is 0 Å². The molecule has 1 heterocycles. The van der Waals surface area contributed by atoms with Crippen LogP contribution in [-0.2, 0) is 6.54 Å². The zero-order valence-corrected chi connectivity index (χ0v) is 17.8. The predicted octanol–water partition coefficient (Wildman–Crippen LogP) is 6.38. The van der Waals surface area contributed by atoms with Gasteiger partial charge in [0, 0.05) is 0 Å². The fourth-order valence-corrected chi connectivity index (χ4v) is 3.73. The maximum Gasteiger partial charge on any atom is 0.153 e. The van der Waals surface area contributed by atoms with Gasteiger partial charge in [0.05, 0.1) is 17.6 Å². The Bertz CT molecular complexity index is 1100. The third kappa shape index (κ3) is 4.33. The highest BCUT2D eigenvalue weighted by Crippen LogP contribution is 2.27. The number of aromatic nitrogens is 2. The number of hydrogen-bond acceptors (Lipinski definition) is 3. The molecule has 4 nitrogen and oxygen atoms in total. The molecule has 4 heteroatoms. The van der Waals surface area contributed by atoms with Crippen LogP contribution in [0.4, 0.5) is 0 Å². The van der Waals surface area contributed by atoms with Gasteiger partial charge in [-0.2, -0.15) is 0 Å². The Hall–Kier alpha value is -3.27. The van der Waals surface area contributed by atoms with Gasteiger partial charge in [0.25, 0.3) is 0 Å². The van der Waals surface area contributed by atoms with Crippen molar-refractivity contribution in [1.82, 2.24) is 9.55 Å². The highest BCUT2D eigenvalue weighted by Gasteiger charge is 2.18. The fourth-order valence-electron chi connectivity index (χ4n) is 3.73. The highest BCUT2D eigenvalue weighted by molar-refractivity contribution is 5.76. The summed E-state index contributed by atoms with van der Waals surface area (Å²) in [4.78, 5) is 4.86. The van der Waals surface area contributed by atoms with Gasteiger partial charge in [-0.05, 0) is 48.7 Å². The van der Waals surface area contributed by atoms with Crippen molar-refractivity contribution in [1.29, 1.82) is 0 Å². The van der Waals surface area contributed by atoms with Crippen LogP contribution in [-0.4, -0.2) is 16.2 Å². The number of nitrogens with zero attached hydrogens (tertiary/aromatic N) is 2. The zero-order chi connectivity index (χ0) is 20.9. The third-order valence-corrected chi connectivity index (χ3v) is 5.22. The van der Waals surface area contributed by atoms with Crippen LogP contribution in [0.1, 0.15) is 44.2 Å². The smallest absolute Gasteiger partial charge is 0.153 e. The second-order valence-electron chi connectivity index (χ2n) is 7.72. The van der Waals surface area contributed by atoms with Crippen LogP contribution >= 0.6 is 0 Å². The van der Waals surface area contributed by atoms with E-state index in [4.69, 9.17) is 14.5 Å². The number of para-hydroxylation sites is 4. The lowest BCUT2D eigenvalue weighted by Gasteiger charge is -2.18. The van der Waals surface area contributed by atoms with E-state index < -0.39 is 0 Å². The van der Waals surface area contributed by atoms with E-state index in [9.17, 15) is 0 Å². The van der Waals surface area contributed by atoms with Gasteiger partial charge < -0.3 is 14.0 Å². The highest BCUT2D eigenvalue weighted by atomic mass is 16.5. The molecule has 1 aromatic heterocycles. The van der Waals surface area contributed by atoms with Crippen molar-refractivity contribution >= 4 is 11.0 Å². The quantitative estimate of drug-likeness (QED) is 0.344. The number of rotatable bonds is 8. The molecule has 4 aromatic rings. The molecular weight excluding hydrogens is 372 g/mol. The summed E-state index contributed by atoms with van der Waals surface area (Å²) in [5.41, 5.74) is 3.30. The Morgan fingerprint density at radius 1 is 0.833 bits per heavy atom. The summed E-state index contributed by atoms with van der Waals surface area (Å²) in [6.07, 6.45) is -0.178. The standard InChI is InChI=1S/C26H28N2O2/c1-19(2)22-13-7-10-16-25(22)29-18-17-28-24-15-9-8-14-23(24)27-26(28)20(3)30-21-11-5-4-6-12-21/h4-16,19-20H,17-18H2,1-3H3. The van der Waals surface area contributed by atoms with Crippen molar-refractivity contribution in [3.8, 4) is 11.5 Å². The van der Waals surface area contributed by atoms with E-state index >= 15 is 0 Å². The molecule has 4 rings (SSSR count). The molecule has 0 fully saturated rings. The third-order valence-electron chi connectivity index (χ3n) is 5.22. The van der Waals surface area contributed by atoms with Crippen LogP contribution < -0.4 is 9.47 Å². The van der Waals surface area contributed by atoms with Crippen molar-refractivity contribution in [3.05, 3.63) is 90.3 Å². The minimum Gasteiger partial charge on any atom is -0.491 e. The molecule has 0 aliphatic heterocycles. The molecule has 0 amide bonds. The Labute approximate surface area is 178 Å². The van der Waals surface area contributed by atoms with Gasteiger partial charge in [-0.1, -0.05) is 62.4 Å². The Morgan fingerprint density at radius 2 is 1.53 bits per heavy atom. The summed E-state index contributed by atoms with van der Waals surface area (Å²) in [5, 5.41) is 0. The van der Waals surface area contributed by atoms with Crippen LogP contribution in [0.15, 0.2) is 78.9 Å². The first kappa shape index (κ1) is 20.0. The Kier molecular flexibility index (Phi) is 6.03. The summed E-state index contributed by atoms with van der Waals surface area (Å²) in [6.45, 7) is 7.68. The van der Waals surface area contributed by atoms with Gasteiger partial charge in [-0.3, -0.25) is 0 Å². The van der Waals surface area contributed by atoms with Gasteiger partial charge in [-0.15, -0.1) is 0 Å². The van der Waals surface area contributed by atoms with Crippen molar-refractivity contribution in [3.63, 3.8) is 0 Å². The first-order chi connectivity index (χ1) is 14.6. The van der Waals surface area contributed by atoms with Gasteiger partial charge in [-0.25, -0.2) is 4.98 Å². The van der Waals surface area contributed by atoms with Crippen LogP contribution in [0, 0.1) is 0 Å². The van der Waals surface area contributed by atoms with Crippen LogP contribution in [0.5, 0.6) is 11.5 Å². The molecule has 0 bridgehead atoms. The van der Waals surface area contributed by atoms with E-state index in [1.807, 2.05) is 67.6 Å². The zero-order valence-electron chi connectivity index (χ0n) is 17.8. The van der Waals surface area contributed by atoms with E-state index in [0.717, 1.165) is 28.4 Å². The molecule has 3 aromatic carbocycles. The number of ether oxygens (including phenoxy) is 2. The molecule has 1 unspecified atom stereocenters. The fraction of sp³-hybridized carbons (Fsp3) is 0.269. The molecule has 1 atom stereocenters. The van der Waals surface area contributed by atoms with Crippen molar-refractivity contribution in [2.45, 2.75) is 39.3 Å². The largest absolute Gasteiger partial charge is 0.491 e. The van der Waals surface area contributed by atoms with E-state index in [-0.39, 0.29) is 6.10 Å². The molecular formula is C26H28N2O2. The molecule has 0 spiro atoms. The summed E-state index contributed by atoms with van der Waals surface area (Å²) >= 11 is 0. The number of benzene rings is 3. The Balaban J connectivity index is 1.56. The molecule has 0 radical (unpaired) electrons. The molecule has 0 saturated carbocycles. The first-order valence-electron chi connectivity index (χ1n) is 10.5. The van der Waals surface area contributed by atoms with E-state index in [1.165, 1.54) is 5.56 Å². The molecule has 0 aliphatic rings. The van der Waals surface area contributed by atoms with Crippen molar-refractivity contribution in [2.24, 2.45) is 0 Å². The predicted molar refractivity (Wildman–Crippen MR) is 121 cm³/mol. The molecule has 0 aliphatic carbocycles. The second kappa shape index (κ2) is 9.04. The maximum atomic E-state index is 6.18. The first-order valence-corrected chi connectivity index (χ1v) is 10.5. The SMILES string of the molecule is CC(C)c1ccccc1OCCn1c(C(C)Oc2ccccc2)nc2ccccc21. The summed E-state index contributed by atoms with van der Waals surface area (Å²) < 4.78 is 14.6. The minimum absolute atomic E-state index is 0.178. The number of fused-ring (bicyclic) bond motifs is 1. The van der Waals surface area contributed by atoms with Gasteiger partial charge in [0.1, 0.15) is 18.1 Å². The topological polar surface area (TPSA) is 36.3 Å². The average Bonchev–Trinajstić information content (AvgIpc) is 3.13. The van der Waals surface area contributed by atoms with E-state index in [0.29, 0.717) is 19.1 Å². The van der Waals surface area contributed by atoms with Crippen LogP contribution in [0.2, 0.25) is 0 Å². The lowest BCUT2D eigenvalue weighted by Crippen LogP contribution is -2.16. The number of imidazole rings is 1. The second-order valence-corrected chi connectivity index (χ2v) is 7.72. The lowest BCUT2D eigenvalue weighted by molar-refractivity contribution is 0.207. The Morgan fingerprint density at radius 3 is 2.33 bits per heavy atom. The molecule has 0 saturated heterocycles. The van der Waals surface area contributed by atoms with Gasteiger partial charge in [0.15, 0.2) is 11.9 Å². The monoisotopic (exact) mass is 400 g/mol. The van der Waals surface area contributed by atoms with Crippen LogP contribution in [0.25, 0.3) is 11.0 Å². The van der Waals surface area contributed by atoms with Crippen LogP contribution in [0.3, 0.4) is 0 Å². The lowest BCUT2D eigenvalue weighted by atomic mass is 10.0. The van der Waals surface area contributed by atoms with E-state index in [1.54, 1.807) is 0 Å². The van der Waals surface area contributed by atoms with Crippen molar-refractivity contribution in [2.75, 3.05) is 6.61 Å². The van der Waals surface area contributed by atoms with Crippen molar-refractivity contribution < 1.29 is 9.47 Å². The summed E-state index contributed by atoms with van der Waals surface area (Å²) in [6, 6.07) is 26.3. The molecule has 0 N–H and O–H groups in total.